The number of aliphatic hydroxyl groups excluding tert-OH is 1. The molecule has 0 radical (unpaired) electrons. The van der Waals surface area contributed by atoms with Gasteiger partial charge in [-0.1, -0.05) is 68.2 Å². The van der Waals surface area contributed by atoms with E-state index in [2.05, 4.69) is 11.6 Å². The molecule has 1 aliphatic rings. The van der Waals surface area contributed by atoms with E-state index in [0.29, 0.717) is 35.1 Å². The Bertz CT molecular complexity index is 1390. The number of rotatable bonds is 9. The first kappa shape index (κ1) is 26.8. The standard InChI is InChI=1S/C29H28N2O6S/c1-5-15-36-28(35)26-18(4)30-29(38-26)31-23(19-9-7-6-8-10-19)22(25(33)27(31)34)24(32)20-11-13-21(14-12-20)37-16-17(2)3/h5-14,17,23,32H,1,15-16H2,2-4H3/b24-22+. The maximum absolute atomic E-state index is 13.3. The third-order valence-corrected chi connectivity index (χ3v) is 6.92. The van der Waals surface area contributed by atoms with Crippen LogP contribution in [0.15, 0.2) is 72.8 Å². The first-order chi connectivity index (χ1) is 18.2. The van der Waals surface area contributed by atoms with Crippen LogP contribution < -0.4 is 9.64 Å². The van der Waals surface area contributed by atoms with Crippen LogP contribution >= 0.6 is 11.3 Å². The molecule has 9 heteroatoms. The number of nitrogens with zero attached hydrogens (tertiary/aromatic N) is 2. The SMILES string of the molecule is C=CCOC(=O)c1sc(N2C(=O)C(=O)/C(=C(/O)c3ccc(OCC(C)C)cc3)C2c2ccccc2)nc1C. The highest BCUT2D eigenvalue weighted by atomic mass is 32.1. The summed E-state index contributed by atoms with van der Waals surface area (Å²) < 4.78 is 10.8. The van der Waals surface area contributed by atoms with Crippen LogP contribution in [0.25, 0.3) is 5.76 Å². The fraction of sp³-hybridized carbons (Fsp3) is 0.241. The highest BCUT2D eigenvalue weighted by molar-refractivity contribution is 7.17. The number of benzene rings is 2. The Balaban J connectivity index is 1.78. The van der Waals surface area contributed by atoms with Gasteiger partial charge in [-0.15, -0.1) is 0 Å². The minimum atomic E-state index is -0.948. The summed E-state index contributed by atoms with van der Waals surface area (Å²) in [6.45, 7) is 9.82. The molecule has 0 spiro atoms. The van der Waals surface area contributed by atoms with Crippen molar-refractivity contribution < 1.29 is 29.0 Å². The van der Waals surface area contributed by atoms with Crippen molar-refractivity contribution in [1.82, 2.24) is 4.98 Å². The van der Waals surface area contributed by atoms with Gasteiger partial charge in [-0.2, -0.15) is 0 Å². The highest BCUT2D eigenvalue weighted by Crippen LogP contribution is 2.44. The number of hydrogen-bond acceptors (Lipinski definition) is 8. The average Bonchev–Trinajstić information content (AvgIpc) is 3.43. The molecule has 1 fully saturated rings. The van der Waals surface area contributed by atoms with Crippen LogP contribution in [0.3, 0.4) is 0 Å². The zero-order valence-electron chi connectivity index (χ0n) is 21.3. The Hall–Kier alpha value is -4.24. The van der Waals surface area contributed by atoms with E-state index in [9.17, 15) is 19.5 Å². The predicted molar refractivity (Wildman–Crippen MR) is 145 cm³/mol. The van der Waals surface area contributed by atoms with E-state index in [4.69, 9.17) is 9.47 Å². The molecule has 0 bridgehead atoms. The second-order valence-electron chi connectivity index (χ2n) is 9.11. The number of ether oxygens (including phenoxy) is 2. The van der Waals surface area contributed by atoms with Gasteiger partial charge < -0.3 is 14.6 Å². The van der Waals surface area contributed by atoms with Crippen LogP contribution in [0.1, 0.15) is 46.4 Å². The average molecular weight is 533 g/mol. The van der Waals surface area contributed by atoms with Gasteiger partial charge in [-0.25, -0.2) is 9.78 Å². The molecule has 1 unspecified atom stereocenters. The second kappa shape index (κ2) is 11.4. The normalized spacial score (nSPS) is 16.6. The maximum Gasteiger partial charge on any atom is 0.350 e. The molecule has 1 aromatic heterocycles. The number of carbonyl (C=O) groups excluding carboxylic acids is 3. The summed E-state index contributed by atoms with van der Waals surface area (Å²) >= 11 is 0.951. The molecule has 1 N–H and O–H groups in total. The number of amides is 1. The fourth-order valence-electron chi connectivity index (χ4n) is 3.98. The zero-order chi connectivity index (χ0) is 27.4. The minimum Gasteiger partial charge on any atom is -0.507 e. The molecule has 0 saturated carbocycles. The van der Waals surface area contributed by atoms with Gasteiger partial charge in [0.2, 0.25) is 0 Å². The summed E-state index contributed by atoms with van der Waals surface area (Å²) in [6.07, 6.45) is 1.45. The summed E-state index contributed by atoms with van der Waals surface area (Å²) in [5.41, 5.74) is 1.27. The van der Waals surface area contributed by atoms with Gasteiger partial charge in [0.1, 0.15) is 23.0 Å². The van der Waals surface area contributed by atoms with Gasteiger partial charge in [0.15, 0.2) is 5.13 Å². The Kier molecular flexibility index (Phi) is 8.07. The van der Waals surface area contributed by atoms with E-state index in [0.717, 1.165) is 11.3 Å². The quantitative estimate of drug-likeness (QED) is 0.128. The van der Waals surface area contributed by atoms with Crippen molar-refractivity contribution in [2.45, 2.75) is 26.8 Å². The van der Waals surface area contributed by atoms with E-state index >= 15 is 0 Å². The fourth-order valence-corrected chi connectivity index (χ4v) is 4.97. The molecule has 1 atom stereocenters. The van der Waals surface area contributed by atoms with Gasteiger partial charge in [-0.05, 0) is 42.7 Å². The smallest absolute Gasteiger partial charge is 0.350 e. The van der Waals surface area contributed by atoms with Crippen molar-refractivity contribution in [1.29, 1.82) is 0 Å². The van der Waals surface area contributed by atoms with Crippen molar-refractivity contribution in [2.75, 3.05) is 18.1 Å². The largest absolute Gasteiger partial charge is 0.507 e. The van der Waals surface area contributed by atoms with E-state index in [1.807, 2.05) is 19.9 Å². The summed E-state index contributed by atoms with van der Waals surface area (Å²) in [5, 5.41) is 11.5. The predicted octanol–water partition coefficient (Wildman–Crippen LogP) is 5.46. The van der Waals surface area contributed by atoms with Crippen molar-refractivity contribution in [3.63, 3.8) is 0 Å². The number of Topliss-reactive ketones (excluding diaryl/α,β-unsaturated/α-hetero) is 1. The van der Waals surface area contributed by atoms with Crippen LogP contribution in [0, 0.1) is 12.8 Å². The highest BCUT2D eigenvalue weighted by Gasteiger charge is 2.48. The number of aryl methyl sites for hydroxylation is 1. The maximum atomic E-state index is 13.3. The molecule has 196 valence electrons. The summed E-state index contributed by atoms with van der Waals surface area (Å²) in [7, 11) is 0. The summed E-state index contributed by atoms with van der Waals surface area (Å²) in [4.78, 5) is 45.0. The van der Waals surface area contributed by atoms with E-state index < -0.39 is 23.7 Å². The van der Waals surface area contributed by atoms with E-state index in [-0.39, 0.29) is 27.9 Å². The molecule has 3 aromatic rings. The molecule has 2 aromatic carbocycles. The van der Waals surface area contributed by atoms with Crippen molar-refractivity contribution >= 4 is 39.9 Å². The van der Waals surface area contributed by atoms with Crippen LogP contribution in [0.5, 0.6) is 5.75 Å². The van der Waals surface area contributed by atoms with Crippen LogP contribution in [0.4, 0.5) is 5.13 Å². The molecular formula is C29H28N2O6S. The lowest BCUT2D eigenvalue weighted by molar-refractivity contribution is -0.132. The number of anilines is 1. The van der Waals surface area contributed by atoms with Gasteiger partial charge in [0, 0.05) is 5.56 Å². The van der Waals surface area contributed by atoms with Gasteiger partial charge in [-0.3, -0.25) is 14.5 Å². The Morgan fingerprint density at radius 1 is 1.16 bits per heavy atom. The molecule has 0 aliphatic carbocycles. The molecule has 4 rings (SSSR count). The number of aromatic nitrogens is 1. The molecule has 1 aliphatic heterocycles. The van der Waals surface area contributed by atoms with Crippen molar-refractivity contribution in [3.05, 3.63) is 94.5 Å². The molecule has 38 heavy (non-hydrogen) atoms. The number of carbonyl (C=O) groups is 3. The third kappa shape index (κ3) is 5.38. The molecule has 8 nitrogen and oxygen atoms in total. The van der Waals surface area contributed by atoms with Crippen LogP contribution in [-0.4, -0.2) is 41.0 Å². The lowest BCUT2D eigenvalue weighted by atomic mass is 9.95. The van der Waals surface area contributed by atoms with Gasteiger partial charge >= 0.3 is 11.9 Å². The number of ketones is 1. The van der Waals surface area contributed by atoms with Gasteiger partial charge in [0.05, 0.1) is 23.9 Å². The third-order valence-electron chi connectivity index (χ3n) is 5.78. The zero-order valence-corrected chi connectivity index (χ0v) is 22.2. The second-order valence-corrected chi connectivity index (χ2v) is 10.1. The first-order valence-corrected chi connectivity index (χ1v) is 12.9. The Morgan fingerprint density at radius 2 is 1.84 bits per heavy atom. The number of thiazole rings is 1. The van der Waals surface area contributed by atoms with Crippen molar-refractivity contribution in [3.8, 4) is 5.75 Å². The Labute approximate surface area is 224 Å². The first-order valence-electron chi connectivity index (χ1n) is 12.1. The molecular weight excluding hydrogens is 504 g/mol. The van der Waals surface area contributed by atoms with E-state index in [1.54, 1.807) is 55.5 Å². The van der Waals surface area contributed by atoms with E-state index in [1.165, 1.54) is 11.0 Å². The number of esters is 1. The molecule has 2 heterocycles. The van der Waals surface area contributed by atoms with Crippen molar-refractivity contribution in [2.24, 2.45) is 5.92 Å². The number of hydrogen-bond donors (Lipinski definition) is 1. The molecule has 1 saturated heterocycles. The summed E-state index contributed by atoms with van der Waals surface area (Å²) in [5.74, 6) is -1.63. The topological polar surface area (TPSA) is 106 Å². The Morgan fingerprint density at radius 3 is 2.47 bits per heavy atom. The monoisotopic (exact) mass is 532 g/mol. The van der Waals surface area contributed by atoms with Crippen LogP contribution in [-0.2, 0) is 14.3 Å². The summed E-state index contributed by atoms with van der Waals surface area (Å²) in [6, 6.07) is 14.6. The number of aliphatic hydroxyl groups is 1. The van der Waals surface area contributed by atoms with Gasteiger partial charge in [0.25, 0.3) is 5.78 Å². The lowest BCUT2D eigenvalue weighted by Gasteiger charge is -2.23. The lowest BCUT2D eigenvalue weighted by Crippen LogP contribution is -2.29. The minimum absolute atomic E-state index is 0.0291. The molecule has 1 amide bonds. The van der Waals surface area contributed by atoms with Crippen LogP contribution in [0.2, 0.25) is 0 Å².